The molecule has 1 N–H and O–H groups in total. The fourth-order valence-electron chi connectivity index (χ4n) is 2.31. The highest BCUT2D eigenvalue weighted by Crippen LogP contribution is 2.17. The van der Waals surface area contributed by atoms with Gasteiger partial charge in [0, 0.05) is 11.9 Å². The number of likely N-dealkylation sites (tertiary alicyclic amines) is 1. The molecule has 1 atom stereocenters. The lowest BCUT2D eigenvalue weighted by atomic mass is 10.2. The highest BCUT2D eigenvalue weighted by atomic mass is 35.5. The van der Waals surface area contributed by atoms with Crippen LogP contribution in [-0.2, 0) is 16.1 Å². The zero-order chi connectivity index (χ0) is 13.8. The molecule has 0 spiro atoms. The zero-order valence-corrected chi connectivity index (χ0v) is 13.0. The number of thiophene rings is 1. The van der Waals surface area contributed by atoms with E-state index >= 15 is 0 Å². The van der Waals surface area contributed by atoms with Crippen molar-refractivity contribution >= 4 is 35.6 Å². The van der Waals surface area contributed by atoms with Gasteiger partial charge < -0.3 is 10.0 Å². The number of carbonyl (C=O) groups is 2. The molecular weight excluding hydrogens is 300 g/mol. The highest BCUT2D eigenvalue weighted by Gasteiger charge is 2.32. The van der Waals surface area contributed by atoms with Crippen LogP contribution in [0.25, 0.3) is 0 Å². The Kier molecular flexibility index (Phi) is 6.45. The lowest BCUT2D eigenvalue weighted by molar-refractivity contribution is -0.143. The van der Waals surface area contributed by atoms with Crippen molar-refractivity contribution in [3.8, 4) is 0 Å². The van der Waals surface area contributed by atoms with Crippen LogP contribution < -0.4 is 0 Å². The zero-order valence-electron chi connectivity index (χ0n) is 11.3. The number of likely N-dealkylation sites (N-methyl/N-ethyl adjacent to an activating group) is 1. The fourth-order valence-corrected chi connectivity index (χ4v) is 3.07. The molecule has 2 rings (SSSR count). The second kappa shape index (κ2) is 7.61. The van der Waals surface area contributed by atoms with Crippen LogP contribution in [0.15, 0.2) is 17.5 Å². The van der Waals surface area contributed by atoms with Crippen LogP contribution in [0.5, 0.6) is 0 Å². The second-order valence-electron chi connectivity index (χ2n) is 4.80. The van der Waals surface area contributed by atoms with E-state index in [0.29, 0.717) is 19.5 Å². The predicted octanol–water partition coefficient (Wildman–Crippen LogP) is 1.68. The molecule has 1 fully saturated rings. The maximum Gasteiger partial charge on any atom is 0.320 e. The number of carboxylic acids is 1. The first-order chi connectivity index (χ1) is 9.08. The van der Waals surface area contributed by atoms with Gasteiger partial charge in [0.25, 0.3) is 0 Å². The molecular formula is C13H19ClN2O3S. The molecule has 2 heterocycles. The average molecular weight is 319 g/mol. The van der Waals surface area contributed by atoms with Crippen molar-refractivity contribution in [1.29, 1.82) is 0 Å². The number of carboxylic acid groups (broad SMARTS) is 1. The van der Waals surface area contributed by atoms with E-state index in [4.69, 9.17) is 5.11 Å². The van der Waals surface area contributed by atoms with Crippen LogP contribution in [0.2, 0.25) is 0 Å². The molecule has 1 saturated heterocycles. The van der Waals surface area contributed by atoms with Gasteiger partial charge in [-0.3, -0.25) is 14.5 Å². The first-order valence-electron chi connectivity index (χ1n) is 6.31. The minimum atomic E-state index is -0.828. The van der Waals surface area contributed by atoms with Gasteiger partial charge in [-0.25, -0.2) is 0 Å². The summed E-state index contributed by atoms with van der Waals surface area (Å²) in [6.45, 7) is 1.47. The second-order valence-corrected chi connectivity index (χ2v) is 5.83. The minimum Gasteiger partial charge on any atom is -0.480 e. The number of halogens is 1. The summed E-state index contributed by atoms with van der Waals surface area (Å²) in [4.78, 5) is 27.7. The molecule has 1 amide bonds. The Morgan fingerprint density at radius 2 is 2.30 bits per heavy atom. The van der Waals surface area contributed by atoms with Gasteiger partial charge in [0.1, 0.15) is 6.04 Å². The lowest BCUT2D eigenvalue weighted by Crippen LogP contribution is -2.43. The monoisotopic (exact) mass is 318 g/mol. The number of hydrogen-bond acceptors (Lipinski definition) is 4. The molecule has 0 radical (unpaired) electrons. The first-order valence-corrected chi connectivity index (χ1v) is 7.19. The van der Waals surface area contributed by atoms with Gasteiger partial charge in [0.2, 0.25) is 5.91 Å². The van der Waals surface area contributed by atoms with E-state index in [2.05, 4.69) is 0 Å². The summed E-state index contributed by atoms with van der Waals surface area (Å²) >= 11 is 1.62. The summed E-state index contributed by atoms with van der Waals surface area (Å²) in [5.74, 6) is -0.854. The maximum absolute atomic E-state index is 12.1. The Hall–Kier alpha value is -1.11. The number of hydrogen-bond donors (Lipinski definition) is 1. The Bertz CT molecular complexity index is 452. The molecule has 0 unspecified atom stereocenters. The summed E-state index contributed by atoms with van der Waals surface area (Å²) in [6, 6.07) is 3.45. The molecule has 20 heavy (non-hydrogen) atoms. The molecule has 0 aliphatic carbocycles. The number of aliphatic carboxylic acids is 1. The quantitative estimate of drug-likeness (QED) is 0.897. The van der Waals surface area contributed by atoms with Crippen LogP contribution in [0.1, 0.15) is 17.7 Å². The van der Waals surface area contributed by atoms with E-state index in [0.717, 1.165) is 11.3 Å². The fraction of sp³-hybridized carbons (Fsp3) is 0.538. The molecule has 1 aromatic heterocycles. The summed E-state index contributed by atoms with van der Waals surface area (Å²) in [6.07, 6.45) is 1.48. The van der Waals surface area contributed by atoms with Crippen molar-refractivity contribution in [3.05, 3.63) is 22.4 Å². The third-order valence-electron chi connectivity index (χ3n) is 3.39. The van der Waals surface area contributed by atoms with Crippen LogP contribution in [0.4, 0.5) is 0 Å². The third kappa shape index (κ3) is 4.19. The summed E-state index contributed by atoms with van der Waals surface area (Å²) in [7, 11) is 1.76. The number of amides is 1. The van der Waals surface area contributed by atoms with Gasteiger partial charge >= 0.3 is 5.97 Å². The average Bonchev–Trinajstić information content (AvgIpc) is 2.99. The van der Waals surface area contributed by atoms with E-state index in [9.17, 15) is 9.59 Å². The van der Waals surface area contributed by atoms with E-state index in [1.165, 1.54) is 0 Å². The minimum absolute atomic E-state index is 0. The van der Waals surface area contributed by atoms with Gasteiger partial charge in [0.05, 0.1) is 13.1 Å². The highest BCUT2D eigenvalue weighted by molar-refractivity contribution is 7.09. The van der Waals surface area contributed by atoms with Crippen molar-refractivity contribution in [2.45, 2.75) is 25.4 Å². The predicted molar refractivity (Wildman–Crippen MR) is 80.3 cm³/mol. The van der Waals surface area contributed by atoms with Gasteiger partial charge in [-0.15, -0.1) is 23.7 Å². The van der Waals surface area contributed by atoms with E-state index in [1.54, 1.807) is 28.2 Å². The van der Waals surface area contributed by atoms with Gasteiger partial charge in [-0.2, -0.15) is 0 Å². The summed E-state index contributed by atoms with van der Waals surface area (Å²) in [5, 5.41) is 11.1. The standard InChI is InChI=1S/C13H18N2O3S.ClH/c1-14(8-10-4-3-7-19-10)12(16)9-15-6-2-5-11(15)13(17)18;/h3-4,7,11H,2,5-6,8-9H2,1H3,(H,17,18);1H/t11-;/m1./s1. The molecule has 1 aliphatic rings. The Morgan fingerprint density at radius 1 is 1.55 bits per heavy atom. The van der Waals surface area contributed by atoms with Crippen molar-refractivity contribution < 1.29 is 14.7 Å². The van der Waals surface area contributed by atoms with E-state index in [1.807, 2.05) is 17.5 Å². The molecule has 0 aromatic carbocycles. The third-order valence-corrected chi connectivity index (χ3v) is 4.25. The van der Waals surface area contributed by atoms with Crippen molar-refractivity contribution in [2.75, 3.05) is 20.1 Å². The molecule has 0 bridgehead atoms. The molecule has 7 heteroatoms. The number of rotatable bonds is 5. The first kappa shape index (κ1) is 16.9. The Labute approximate surface area is 128 Å². The van der Waals surface area contributed by atoms with Crippen LogP contribution in [0.3, 0.4) is 0 Å². The van der Waals surface area contributed by atoms with Crippen molar-refractivity contribution in [3.63, 3.8) is 0 Å². The van der Waals surface area contributed by atoms with E-state index < -0.39 is 12.0 Å². The van der Waals surface area contributed by atoms with Crippen LogP contribution in [0, 0.1) is 0 Å². The molecule has 0 saturated carbocycles. The smallest absolute Gasteiger partial charge is 0.320 e. The SMILES string of the molecule is CN(Cc1cccs1)C(=O)CN1CCC[C@@H]1C(=O)O.Cl. The van der Waals surface area contributed by atoms with Gasteiger partial charge in [-0.05, 0) is 30.8 Å². The lowest BCUT2D eigenvalue weighted by Gasteiger charge is -2.24. The Morgan fingerprint density at radius 3 is 2.90 bits per heavy atom. The van der Waals surface area contributed by atoms with Crippen molar-refractivity contribution in [2.24, 2.45) is 0 Å². The molecule has 112 valence electrons. The number of nitrogens with zero attached hydrogens (tertiary/aromatic N) is 2. The molecule has 1 aromatic rings. The summed E-state index contributed by atoms with van der Waals surface area (Å²) in [5.41, 5.74) is 0. The summed E-state index contributed by atoms with van der Waals surface area (Å²) < 4.78 is 0. The van der Waals surface area contributed by atoms with Gasteiger partial charge in [-0.1, -0.05) is 6.07 Å². The van der Waals surface area contributed by atoms with Crippen LogP contribution >= 0.6 is 23.7 Å². The van der Waals surface area contributed by atoms with E-state index in [-0.39, 0.29) is 24.9 Å². The van der Waals surface area contributed by atoms with Crippen molar-refractivity contribution in [1.82, 2.24) is 9.80 Å². The topological polar surface area (TPSA) is 60.9 Å². The van der Waals surface area contributed by atoms with Crippen LogP contribution in [-0.4, -0.2) is 53.0 Å². The largest absolute Gasteiger partial charge is 0.480 e. The normalized spacial score (nSPS) is 18.6. The number of carbonyl (C=O) groups excluding carboxylic acids is 1. The maximum atomic E-state index is 12.1. The molecule has 1 aliphatic heterocycles. The Balaban J connectivity index is 0.00000200. The molecule has 5 nitrogen and oxygen atoms in total. The van der Waals surface area contributed by atoms with Gasteiger partial charge in [0.15, 0.2) is 0 Å².